The first-order valence-electron chi connectivity index (χ1n) is 17.0. The second-order valence-corrected chi connectivity index (χ2v) is 15.7. The Bertz CT molecular complexity index is 1800. The molecule has 254 valence electrons. The molecule has 4 bridgehead atoms. The van der Waals surface area contributed by atoms with E-state index in [1.807, 2.05) is 61.5 Å². The maximum Gasteiger partial charge on any atom is 0.259 e. The molecule has 2 aromatic carbocycles. The molecule has 12 heteroatoms. The van der Waals surface area contributed by atoms with E-state index in [0.29, 0.717) is 44.5 Å². The highest BCUT2D eigenvalue weighted by Crippen LogP contribution is 2.48. The van der Waals surface area contributed by atoms with Gasteiger partial charge in [-0.25, -0.2) is 8.42 Å². The van der Waals surface area contributed by atoms with Crippen LogP contribution in [0.5, 0.6) is 5.75 Å². The third-order valence-electron chi connectivity index (χ3n) is 10.5. The van der Waals surface area contributed by atoms with E-state index in [1.54, 1.807) is 11.9 Å². The lowest BCUT2D eigenvalue weighted by atomic mass is 9.93. The summed E-state index contributed by atoms with van der Waals surface area (Å²) in [6.45, 7) is 2.83. The van der Waals surface area contributed by atoms with Crippen LogP contribution in [0, 0.1) is 17.8 Å². The van der Waals surface area contributed by atoms with E-state index in [-0.39, 0.29) is 24.7 Å². The molecule has 7 rings (SSSR count). The lowest BCUT2D eigenvalue weighted by Gasteiger charge is -2.26. The number of nitrogens with one attached hydrogen (secondary N) is 2. The summed E-state index contributed by atoms with van der Waals surface area (Å²) in [5.41, 5.74) is 3.20. The first-order valence-corrected chi connectivity index (χ1v) is 18.5. The Morgan fingerprint density at radius 3 is 2.56 bits per heavy atom. The van der Waals surface area contributed by atoms with Crippen molar-refractivity contribution in [1.29, 1.82) is 0 Å². The lowest BCUT2D eigenvalue weighted by Crippen LogP contribution is -2.54. The normalized spacial score (nSPS) is 28.2. The van der Waals surface area contributed by atoms with Crippen LogP contribution in [0.2, 0.25) is 0 Å². The van der Waals surface area contributed by atoms with Crippen LogP contribution < -0.4 is 14.8 Å². The predicted octanol–water partition coefficient (Wildman–Crippen LogP) is 3.91. The quantitative estimate of drug-likeness (QED) is 0.378. The molecule has 0 unspecified atom stereocenters. The minimum absolute atomic E-state index is 0.166. The zero-order chi connectivity index (χ0) is 33.6. The van der Waals surface area contributed by atoms with Gasteiger partial charge in [0.25, 0.3) is 5.91 Å². The van der Waals surface area contributed by atoms with Crippen molar-refractivity contribution in [2.45, 2.75) is 75.2 Å². The first-order chi connectivity index (χ1) is 23.1. The summed E-state index contributed by atoms with van der Waals surface area (Å²) in [4.78, 5) is 49.2. The molecule has 0 spiro atoms. The van der Waals surface area contributed by atoms with Crippen LogP contribution in [-0.2, 0) is 29.2 Å². The highest BCUT2D eigenvalue weighted by Gasteiger charge is 2.62. The van der Waals surface area contributed by atoms with E-state index in [0.717, 1.165) is 40.8 Å². The zero-order valence-corrected chi connectivity index (χ0v) is 28.1. The van der Waals surface area contributed by atoms with Gasteiger partial charge in [0, 0.05) is 24.7 Å². The predicted molar refractivity (Wildman–Crippen MR) is 179 cm³/mol. The number of hydrogen-bond donors (Lipinski definition) is 2. The van der Waals surface area contributed by atoms with Crippen LogP contribution >= 0.6 is 0 Å². The molecule has 3 fully saturated rings. The number of fused-ring (bicyclic) bond motifs is 6. The molecule has 5 aliphatic rings. The summed E-state index contributed by atoms with van der Waals surface area (Å²) in [5, 5.41) is 7.02. The zero-order valence-electron chi connectivity index (χ0n) is 27.3. The molecule has 2 N–H and O–H groups in total. The molecular weight excluding hydrogens is 632 g/mol. The average molecular weight is 675 g/mol. The minimum Gasteiger partial charge on any atom is -0.490 e. The van der Waals surface area contributed by atoms with Crippen LogP contribution in [0.25, 0.3) is 11.1 Å². The highest BCUT2D eigenvalue weighted by atomic mass is 32.2. The summed E-state index contributed by atoms with van der Waals surface area (Å²) in [6.07, 6.45) is 7.47. The molecule has 11 nitrogen and oxygen atoms in total. The summed E-state index contributed by atoms with van der Waals surface area (Å²) in [6, 6.07) is 13.9. The minimum atomic E-state index is -3.79. The SMILES string of the molecule is CC[C@@H]1C[C@]1(NC(=O)[C@@H]1C[C@@H]2C[C@H]1C(=O)N(C)CCCC=CCOc1ccc3c(c1)C(=NO2)c1ccccc1-3)C(=O)NS(=O)(=O)C1CC1. The number of benzene rings is 2. The van der Waals surface area contributed by atoms with Crippen molar-refractivity contribution in [2.75, 3.05) is 20.2 Å². The van der Waals surface area contributed by atoms with E-state index in [2.05, 4.69) is 15.2 Å². The average Bonchev–Trinajstić information content (AvgIpc) is 3.99. The molecule has 3 amide bonds. The molecule has 0 radical (unpaired) electrons. The van der Waals surface area contributed by atoms with Crippen LogP contribution in [-0.4, -0.2) is 73.8 Å². The largest absolute Gasteiger partial charge is 0.490 e. The lowest BCUT2D eigenvalue weighted by molar-refractivity contribution is -0.140. The van der Waals surface area contributed by atoms with Gasteiger partial charge in [-0.05, 0) is 80.2 Å². The van der Waals surface area contributed by atoms with Gasteiger partial charge in [0.05, 0.1) is 17.1 Å². The van der Waals surface area contributed by atoms with Crippen LogP contribution in [0.1, 0.15) is 69.4 Å². The number of amides is 3. The monoisotopic (exact) mass is 674 g/mol. The van der Waals surface area contributed by atoms with E-state index in [1.165, 1.54) is 0 Å². The van der Waals surface area contributed by atoms with Gasteiger partial charge in [0.2, 0.25) is 21.8 Å². The molecule has 1 heterocycles. The fourth-order valence-corrected chi connectivity index (χ4v) is 8.82. The summed E-state index contributed by atoms with van der Waals surface area (Å²) < 4.78 is 33.5. The standard InChI is InChI=1S/C36H42N4O7S/c1-3-22-21-36(22,35(43)39-48(44,45)25-13-14-25)37-33(41)30-19-24-20-31(30)34(42)40(2)16-8-4-5-9-17-46-23-12-15-27-26-10-6-7-11-28(26)32(38-47-24)29(27)18-23/h5-7,9-12,15,18,22,24-25,30-31H,3-4,8,13-14,16-17,19-21H2,1-2H3,(H,37,41)(H,39,43)/t22-,24-,30-,31-,36-/m1/s1. The van der Waals surface area contributed by atoms with E-state index in [4.69, 9.17) is 9.57 Å². The Labute approximate surface area is 281 Å². The van der Waals surface area contributed by atoms with Gasteiger partial charge >= 0.3 is 0 Å². The van der Waals surface area contributed by atoms with Crippen LogP contribution in [0.15, 0.2) is 59.8 Å². The number of carbonyl (C=O) groups excluding carboxylic acids is 3. The number of sulfonamides is 1. The van der Waals surface area contributed by atoms with Gasteiger partial charge in [-0.3, -0.25) is 19.1 Å². The van der Waals surface area contributed by atoms with Gasteiger partial charge in [0.1, 0.15) is 29.7 Å². The highest BCUT2D eigenvalue weighted by molar-refractivity contribution is 7.91. The van der Waals surface area contributed by atoms with Gasteiger partial charge in [-0.1, -0.05) is 54.9 Å². The third-order valence-corrected chi connectivity index (χ3v) is 12.3. The molecule has 3 saturated carbocycles. The van der Waals surface area contributed by atoms with Crippen molar-refractivity contribution in [1.82, 2.24) is 14.9 Å². The Balaban J connectivity index is 1.17. The number of oxime groups is 1. The smallest absolute Gasteiger partial charge is 0.259 e. The maximum absolute atomic E-state index is 14.1. The Morgan fingerprint density at radius 2 is 1.81 bits per heavy atom. The third kappa shape index (κ3) is 6.10. The van der Waals surface area contributed by atoms with Crippen molar-refractivity contribution >= 4 is 33.5 Å². The van der Waals surface area contributed by atoms with E-state index >= 15 is 0 Å². The molecule has 0 saturated heterocycles. The van der Waals surface area contributed by atoms with Crippen molar-refractivity contribution < 1.29 is 32.4 Å². The van der Waals surface area contributed by atoms with E-state index in [9.17, 15) is 22.8 Å². The number of hydrogen-bond acceptors (Lipinski definition) is 8. The van der Waals surface area contributed by atoms with Crippen LogP contribution in [0.3, 0.4) is 0 Å². The fourth-order valence-electron chi connectivity index (χ4n) is 7.45. The summed E-state index contributed by atoms with van der Waals surface area (Å²) in [7, 11) is -2.05. The molecule has 5 atom stereocenters. The van der Waals surface area contributed by atoms with Crippen molar-refractivity contribution in [3.8, 4) is 16.9 Å². The molecule has 48 heavy (non-hydrogen) atoms. The van der Waals surface area contributed by atoms with E-state index < -0.39 is 50.6 Å². The molecule has 4 aliphatic carbocycles. The summed E-state index contributed by atoms with van der Waals surface area (Å²) >= 11 is 0. The Kier molecular flexibility index (Phi) is 8.55. The second kappa shape index (κ2) is 12.7. The second-order valence-electron chi connectivity index (χ2n) is 13.7. The number of rotatable bonds is 6. The van der Waals surface area contributed by atoms with Crippen molar-refractivity contribution in [2.24, 2.45) is 22.9 Å². The number of nitrogens with zero attached hydrogens (tertiary/aromatic N) is 2. The van der Waals surface area contributed by atoms with Gasteiger partial charge < -0.3 is 19.8 Å². The number of ether oxygens (including phenoxy) is 1. The van der Waals surface area contributed by atoms with Gasteiger partial charge in [-0.2, -0.15) is 0 Å². The van der Waals surface area contributed by atoms with Crippen LogP contribution in [0.4, 0.5) is 0 Å². The first kappa shape index (κ1) is 32.4. The molecule has 1 aliphatic heterocycles. The topological polar surface area (TPSA) is 143 Å². The molecule has 2 aromatic rings. The van der Waals surface area contributed by atoms with Gasteiger partial charge in [-0.15, -0.1) is 0 Å². The Hall–Kier alpha value is -4.19. The summed E-state index contributed by atoms with van der Waals surface area (Å²) in [5.74, 6) is -2.25. The number of allylic oxidation sites excluding steroid dienone is 1. The molecular formula is C36H42N4O7S. The Morgan fingerprint density at radius 1 is 1.04 bits per heavy atom. The maximum atomic E-state index is 14.1. The fraction of sp³-hybridized carbons (Fsp3) is 0.500. The van der Waals surface area contributed by atoms with Crippen molar-refractivity contribution in [3.05, 3.63) is 65.7 Å². The number of carbonyl (C=O) groups is 3. The van der Waals surface area contributed by atoms with Gasteiger partial charge in [0.15, 0.2) is 0 Å². The van der Waals surface area contributed by atoms with Crippen molar-refractivity contribution in [3.63, 3.8) is 0 Å². The molecule has 0 aromatic heterocycles.